The molecule has 1 atom stereocenters. The molecule has 28 heavy (non-hydrogen) atoms. The summed E-state index contributed by atoms with van der Waals surface area (Å²) in [5, 5.41) is 15.4. The van der Waals surface area contributed by atoms with E-state index in [4.69, 9.17) is 5.11 Å². The van der Waals surface area contributed by atoms with Gasteiger partial charge in [-0.15, -0.1) is 0 Å². The third kappa shape index (κ3) is 3.73. The van der Waals surface area contributed by atoms with E-state index in [1.807, 2.05) is 35.2 Å². The molecule has 2 amide bonds. The number of nitrogens with zero attached hydrogens (tertiary/aromatic N) is 1. The van der Waals surface area contributed by atoms with Crippen molar-refractivity contribution in [3.05, 3.63) is 64.7 Å². The smallest absolute Gasteiger partial charge is 0.322 e. The molecule has 1 fully saturated rings. The summed E-state index contributed by atoms with van der Waals surface area (Å²) in [6.45, 7) is 2.45. The first-order chi connectivity index (χ1) is 13.6. The number of aliphatic carboxylic acids is 1. The van der Waals surface area contributed by atoms with Crippen molar-refractivity contribution in [3.8, 4) is 0 Å². The Morgan fingerprint density at radius 3 is 2.71 bits per heavy atom. The predicted molar refractivity (Wildman–Crippen MR) is 108 cm³/mol. The molecule has 0 radical (unpaired) electrons. The molecule has 0 saturated carbocycles. The van der Waals surface area contributed by atoms with Crippen LogP contribution in [-0.4, -0.2) is 36.7 Å². The highest BCUT2D eigenvalue weighted by Crippen LogP contribution is 2.34. The second kappa shape index (κ2) is 8.02. The highest BCUT2D eigenvalue weighted by molar-refractivity contribution is 5.95. The molecule has 6 heteroatoms. The van der Waals surface area contributed by atoms with Crippen molar-refractivity contribution in [1.29, 1.82) is 0 Å². The lowest BCUT2D eigenvalue weighted by Crippen LogP contribution is -2.30. The molecule has 3 N–H and O–H groups in total. The number of carbonyl (C=O) groups excluding carboxylic acids is 1. The zero-order valence-electron chi connectivity index (χ0n) is 15.8. The first-order valence-corrected chi connectivity index (χ1v) is 9.82. The van der Waals surface area contributed by atoms with Crippen LogP contribution in [0.2, 0.25) is 0 Å². The summed E-state index contributed by atoms with van der Waals surface area (Å²) in [5.41, 5.74) is 5.52. The van der Waals surface area contributed by atoms with E-state index in [1.54, 1.807) is 0 Å². The van der Waals surface area contributed by atoms with Crippen LogP contribution >= 0.6 is 0 Å². The molecule has 0 bridgehead atoms. The summed E-state index contributed by atoms with van der Waals surface area (Å²) in [4.78, 5) is 25.5. The molecule has 6 nitrogen and oxygen atoms in total. The maximum atomic E-state index is 12.7. The van der Waals surface area contributed by atoms with Crippen LogP contribution in [0.15, 0.2) is 42.5 Å². The third-order valence-corrected chi connectivity index (χ3v) is 5.61. The third-order valence-electron chi connectivity index (χ3n) is 5.61. The van der Waals surface area contributed by atoms with E-state index in [0.29, 0.717) is 13.0 Å². The van der Waals surface area contributed by atoms with Crippen molar-refractivity contribution in [2.24, 2.45) is 0 Å². The van der Waals surface area contributed by atoms with E-state index < -0.39 is 5.97 Å². The number of carbonyl (C=O) groups is 2. The number of benzene rings is 2. The minimum Gasteiger partial charge on any atom is -0.481 e. The predicted octanol–water partition coefficient (Wildman–Crippen LogP) is 2.66. The number of hydrogen-bond acceptors (Lipinski definition) is 3. The Hall–Kier alpha value is -2.86. The Bertz CT molecular complexity index is 896. The monoisotopic (exact) mass is 379 g/mol. The summed E-state index contributed by atoms with van der Waals surface area (Å²) in [6.07, 6.45) is 2.50. The van der Waals surface area contributed by atoms with E-state index in [-0.39, 0.29) is 18.5 Å². The van der Waals surface area contributed by atoms with Crippen LogP contribution < -0.4 is 15.5 Å². The van der Waals surface area contributed by atoms with Crippen LogP contribution in [-0.2, 0) is 24.1 Å². The van der Waals surface area contributed by atoms with E-state index in [0.717, 1.165) is 42.7 Å². The fourth-order valence-corrected chi connectivity index (χ4v) is 4.19. The molecule has 2 heterocycles. The summed E-state index contributed by atoms with van der Waals surface area (Å²) >= 11 is 0. The van der Waals surface area contributed by atoms with Gasteiger partial charge < -0.3 is 15.7 Å². The number of amides is 2. The number of urea groups is 1. The quantitative estimate of drug-likeness (QED) is 0.746. The molecular formula is C22H25N3O3. The summed E-state index contributed by atoms with van der Waals surface area (Å²) in [7, 11) is 0. The maximum Gasteiger partial charge on any atom is 0.322 e. The number of rotatable bonds is 5. The summed E-state index contributed by atoms with van der Waals surface area (Å²) < 4.78 is 0. The molecule has 0 aliphatic carbocycles. The standard InChI is InChI=1S/C22H25N3O3/c26-21(27)8-6-16-3-1-2-4-19(16)20-14-24-22(28)25(20)18-7-5-15-9-11-23-12-10-17(15)13-18/h1-5,7,13,20,23H,6,8-12,14H2,(H,24,28)(H,26,27). The number of carboxylic acid groups (broad SMARTS) is 1. The first-order valence-electron chi connectivity index (χ1n) is 9.82. The average molecular weight is 379 g/mol. The van der Waals surface area contributed by atoms with Gasteiger partial charge in [0.15, 0.2) is 0 Å². The lowest BCUT2D eigenvalue weighted by atomic mass is 9.95. The van der Waals surface area contributed by atoms with Gasteiger partial charge in [-0.2, -0.15) is 0 Å². The number of nitrogens with one attached hydrogen (secondary N) is 2. The van der Waals surface area contributed by atoms with Crippen LogP contribution in [0.1, 0.15) is 34.7 Å². The molecule has 2 aromatic carbocycles. The topological polar surface area (TPSA) is 81.7 Å². The van der Waals surface area contributed by atoms with Gasteiger partial charge in [0, 0.05) is 18.7 Å². The lowest BCUT2D eigenvalue weighted by molar-refractivity contribution is -0.136. The Balaban J connectivity index is 1.67. The van der Waals surface area contributed by atoms with Gasteiger partial charge in [-0.05, 0) is 66.7 Å². The van der Waals surface area contributed by atoms with Crippen molar-refractivity contribution in [3.63, 3.8) is 0 Å². The fraction of sp³-hybridized carbons (Fsp3) is 0.364. The summed E-state index contributed by atoms with van der Waals surface area (Å²) in [5.74, 6) is -0.813. The fourth-order valence-electron chi connectivity index (χ4n) is 4.19. The number of fused-ring (bicyclic) bond motifs is 1. The molecule has 2 aromatic rings. The van der Waals surface area contributed by atoms with E-state index in [1.165, 1.54) is 11.1 Å². The van der Waals surface area contributed by atoms with Gasteiger partial charge in [0.1, 0.15) is 0 Å². The van der Waals surface area contributed by atoms with E-state index >= 15 is 0 Å². The first kappa shape index (κ1) is 18.5. The SMILES string of the molecule is O=C(O)CCc1ccccc1C1CNC(=O)N1c1ccc2c(c1)CCNCC2. The molecule has 146 valence electrons. The largest absolute Gasteiger partial charge is 0.481 e. The highest BCUT2D eigenvalue weighted by Gasteiger charge is 2.34. The van der Waals surface area contributed by atoms with Crippen LogP contribution in [0.4, 0.5) is 10.5 Å². The van der Waals surface area contributed by atoms with Crippen molar-refractivity contribution in [1.82, 2.24) is 10.6 Å². The Morgan fingerprint density at radius 1 is 1.11 bits per heavy atom. The van der Waals surface area contributed by atoms with Gasteiger partial charge in [0.2, 0.25) is 0 Å². The average Bonchev–Trinajstić information content (AvgIpc) is 2.93. The molecular weight excluding hydrogens is 354 g/mol. The number of aryl methyl sites for hydroxylation is 1. The lowest BCUT2D eigenvalue weighted by Gasteiger charge is -2.26. The van der Waals surface area contributed by atoms with Crippen molar-refractivity contribution >= 4 is 17.7 Å². The van der Waals surface area contributed by atoms with Crippen molar-refractivity contribution in [2.75, 3.05) is 24.5 Å². The van der Waals surface area contributed by atoms with Crippen LogP contribution in [0.3, 0.4) is 0 Å². The van der Waals surface area contributed by atoms with Gasteiger partial charge in [0.05, 0.1) is 6.04 Å². The van der Waals surface area contributed by atoms with Gasteiger partial charge >= 0.3 is 12.0 Å². The second-order valence-corrected chi connectivity index (χ2v) is 7.37. The van der Waals surface area contributed by atoms with E-state index in [9.17, 15) is 9.59 Å². The van der Waals surface area contributed by atoms with Crippen molar-refractivity contribution in [2.45, 2.75) is 31.7 Å². The minimum atomic E-state index is -0.813. The number of carboxylic acids is 1. The van der Waals surface area contributed by atoms with Gasteiger partial charge in [0.25, 0.3) is 0 Å². The molecule has 0 spiro atoms. The Morgan fingerprint density at radius 2 is 1.89 bits per heavy atom. The van der Waals surface area contributed by atoms with Gasteiger partial charge in [-0.3, -0.25) is 9.69 Å². The maximum absolute atomic E-state index is 12.7. The Kier molecular flexibility index (Phi) is 5.30. The molecule has 2 aliphatic rings. The molecule has 0 aromatic heterocycles. The molecule has 1 unspecified atom stereocenters. The van der Waals surface area contributed by atoms with Crippen LogP contribution in [0, 0.1) is 0 Å². The molecule has 4 rings (SSSR count). The molecule has 1 saturated heterocycles. The number of hydrogen-bond donors (Lipinski definition) is 3. The van der Waals surface area contributed by atoms with Crippen LogP contribution in [0.25, 0.3) is 0 Å². The van der Waals surface area contributed by atoms with E-state index in [2.05, 4.69) is 22.8 Å². The van der Waals surface area contributed by atoms with Gasteiger partial charge in [-0.1, -0.05) is 30.3 Å². The zero-order chi connectivity index (χ0) is 19.5. The van der Waals surface area contributed by atoms with Crippen LogP contribution in [0.5, 0.6) is 0 Å². The van der Waals surface area contributed by atoms with Crippen molar-refractivity contribution < 1.29 is 14.7 Å². The minimum absolute atomic E-state index is 0.0803. The normalized spacial score (nSPS) is 19.1. The number of anilines is 1. The highest BCUT2D eigenvalue weighted by atomic mass is 16.4. The molecule has 2 aliphatic heterocycles. The zero-order valence-corrected chi connectivity index (χ0v) is 15.8. The Labute approximate surface area is 164 Å². The summed E-state index contributed by atoms with van der Waals surface area (Å²) in [6, 6.07) is 13.9. The van der Waals surface area contributed by atoms with Gasteiger partial charge in [-0.25, -0.2) is 4.79 Å². The second-order valence-electron chi connectivity index (χ2n) is 7.37.